The van der Waals surface area contributed by atoms with Crippen molar-refractivity contribution < 1.29 is 24.2 Å². The molecule has 1 fully saturated rings. The van der Waals surface area contributed by atoms with Gasteiger partial charge in [0.05, 0.1) is 12.7 Å². The number of amides is 1. The van der Waals surface area contributed by atoms with Crippen molar-refractivity contribution in [1.82, 2.24) is 5.32 Å². The fourth-order valence-corrected chi connectivity index (χ4v) is 1.50. The van der Waals surface area contributed by atoms with E-state index in [4.69, 9.17) is 14.6 Å². The van der Waals surface area contributed by atoms with Crippen LogP contribution in [0.25, 0.3) is 0 Å². The lowest BCUT2D eigenvalue weighted by Crippen LogP contribution is -2.44. The van der Waals surface area contributed by atoms with Gasteiger partial charge < -0.3 is 19.9 Å². The van der Waals surface area contributed by atoms with E-state index in [-0.39, 0.29) is 6.10 Å². The van der Waals surface area contributed by atoms with Gasteiger partial charge in [0.25, 0.3) is 0 Å². The quantitative estimate of drug-likeness (QED) is 0.696. The summed E-state index contributed by atoms with van der Waals surface area (Å²) in [5.41, 5.74) is 0. The van der Waals surface area contributed by atoms with Crippen LogP contribution in [0.1, 0.15) is 26.7 Å². The van der Waals surface area contributed by atoms with E-state index in [1.807, 2.05) is 0 Å². The first-order chi connectivity index (χ1) is 8.00. The lowest BCUT2D eigenvalue weighted by molar-refractivity contribution is -0.144. The van der Waals surface area contributed by atoms with E-state index >= 15 is 0 Å². The number of hydrogen-bond acceptors (Lipinski definition) is 4. The second-order valence-corrected chi connectivity index (χ2v) is 4.18. The van der Waals surface area contributed by atoms with Crippen molar-refractivity contribution in [1.29, 1.82) is 0 Å². The molecule has 1 aliphatic rings. The second kappa shape index (κ2) is 6.56. The zero-order valence-electron chi connectivity index (χ0n) is 10.1. The van der Waals surface area contributed by atoms with Crippen molar-refractivity contribution in [2.75, 3.05) is 13.2 Å². The van der Waals surface area contributed by atoms with E-state index in [9.17, 15) is 9.59 Å². The molecule has 2 N–H and O–H groups in total. The lowest BCUT2D eigenvalue weighted by atomic mass is 10.2. The Bertz CT molecular complexity index is 275. The number of carbonyl (C=O) groups excluding carboxylic acids is 1. The summed E-state index contributed by atoms with van der Waals surface area (Å²) in [7, 11) is 0. The Kier molecular flexibility index (Phi) is 5.37. The van der Waals surface area contributed by atoms with Gasteiger partial charge in [0, 0.05) is 6.61 Å². The molecule has 0 bridgehead atoms. The van der Waals surface area contributed by atoms with Crippen molar-refractivity contribution in [3.05, 3.63) is 0 Å². The molecule has 0 aromatic carbocycles. The minimum absolute atomic E-state index is 0.0575. The molecule has 0 aromatic rings. The fourth-order valence-electron chi connectivity index (χ4n) is 1.50. The molecule has 0 saturated carbocycles. The van der Waals surface area contributed by atoms with Crippen LogP contribution < -0.4 is 5.32 Å². The molecule has 1 amide bonds. The standard InChI is InChI=1S/C11H19NO5/c1-7(11(14)15)12-10(13)8(2)17-6-9-4-3-5-16-9/h7-9H,3-6H2,1-2H3,(H,12,13)(H,14,15)/t7-,8+,9+/m0/s1. The molecule has 0 aromatic heterocycles. The van der Waals surface area contributed by atoms with Gasteiger partial charge in [-0.05, 0) is 26.7 Å². The Morgan fingerprint density at radius 3 is 2.76 bits per heavy atom. The predicted octanol–water partition coefficient (Wildman–Crippen LogP) is 0.160. The first-order valence-electron chi connectivity index (χ1n) is 5.77. The van der Waals surface area contributed by atoms with Crippen LogP contribution in [0.3, 0.4) is 0 Å². The highest BCUT2D eigenvalue weighted by atomic mass is 16.5. The summed E-state index contributed by atoms with van der Waals surface area (Å²) in [6.45, 7) is 4.12. The van der Waals surface area contributed by atoms with Crippen LogP contribution >= 0.6 is 0 Å². The molecule has 0 spiro atoms. The zero-order valence-corrected chi connectivity index (χ0v) is 10.1. The van der Waals surface area contributed by atoms with Crippen molar-refractivity contribution in [2.24, 2.45) is 0 Å². The van der Waals surface area contributed by atoms with Crippen molar-refractivity contribution >= 4 is 11.9 Å². The highest BCUT2D eigenvalue weighted by Gasteiger charge is 2.22. The number of carboxylic acids is 1. The van der Waals surface area contributed by atoms with Gasteiger partial charge >= 0.3 is 5.97 Å². The molecule has 1 aliphatic heterocycles. The molecule has 1 rings (SSSR count). The van der Waals surface area contributed by atoms with E-state index in [1.54, 1.807) is 6.92 Å². The number of nitrogens with one attached hydrogen (secondary N) is 1. The van der Waals surface area contributed by atoms with E-state index < -0.39 is 24.0 Å². The normalized spacial score (nSPS) is 23.1. The molecule has 6 nitrogen and oxygen atoms in total. The van der Waals surface area contributed by atoms with Crippen LogP contribution in [0.5, 0.6) is 0 Å². The highest BCUT2D eigenvalue weighted by Crippen LogP contribution is 2.12. The number of ether oxygens (including phenoxy) is 2. The minimum atomic E-state index is -1.07. The summed E-state index contributed by atoms with van der Waals surface area (Å²) in [6.07, 6.45) is 1.35. The molecule has 1 saturated heterocycles. The summed E-state index contributed by atoms with van der Waals surface area (Å²) in [5.74, 6) is -1.48. The maximum Gasteiger partial charge on any atom is 0.325 e. The van der Waals surface area contributed by atoms with Gasteiger partial charge in [-0.3, -0.25) is 9.59 Å². The van der Waals surface area contributed by atoms with Gasteiger partial charge in [-0.2, -0.15) is 0 Å². The number of carboxylic acid groups (broad SMARTS) is 1. The third kappa shape index (κ3) is 4.70. The predicted molar refractivity (Wildman–Crippen MR) is 59.6 cm³/mol. The Hall–Kier alpha value is -1.14. The molecule has 1 heterocycles. The number of rotatable bonds is 6. The molecule has 17 heavy (non-hydrogen) atoms. The summed E-state index contributed by atoms with van der Waals surface area (Å²) >= 11 is 0. The van der Waals surface area contributed by atoms with E-state index in [0.717, 1.165) is 19.4 Å². The summed E-state index contributed by atoms with van der Waals surface area (Å²) in [5, 5.41) is 11.0. The maximum absolute atomic E-state index is 11.5. The largest absolute Gasteiger partial charge is 0.480 e. The Balaban J connectivity index is 2.23. The Morgan fingerprint density at radius 1 is 1.53 bits per heavy atom. The summed E-state index contributed by atoms with van der Waals surface area (Å²) in [6, 6.07) is -0.906. The zero-order chi connectivity index (χ0) is 12.8. The van der Waals surface area contributed by atoms with Crippen LogP contribution in [0, 0.1) is 0 Å². The third-order valence-corrected chi connectivity index (χ3v) is 2.65. The molecule has 3 atom stereocenters. The van der Waals surface area contributed by atoms with Crippen molar-refractivity contribution in [2.45, 2.75) is 44.9 Å². The monoisotopic (exact) mass is 245 g/mol. The fraction of sp³-hybridized carbons (Fsp3) is 0.818. The summed E-state index contributed by atoms with van der Waals surface area (Å²) < 4.78 is 10.7. The smallest absolute Gasteiger partial charge is 0.325 e. The van der Waals surface area contributed by atoms with Gasteiger partial charge in [0.15, 0.2) is 0 Å². The molecular formula is C11H19NO5. The Morgan fingerprint density at radius 2 is 2.24 bits per heavy atom. The highest BCUT2D eigenvalue weighted by molar-refractivity contribution is 5.85. The average molecular weight is 245 g/mol. The van der Waals surface area contributed by atoms with E-state index in [2.05, 4.69) is 5.32 Å². The Labute approximate surface area is 100 Å². The molecule has 98 valence electrons. The van der Waals surface area contributed by atoms with Gasteiger partial charge in [-0.25, -0.2) is 0 Å². The number of hydrogen-bond donors (Lipinski definition) is 2. The van der Waals surface area contributed by atoms with E-state index in [0.29, 0.717) is 6.61 Å². The first kappa shape index (κ1) is 13.9. The lowest BCUT2D eigenvalue weighted by Gasteiger charge is -2.17. The second-order valence-electron chi connectivity index (χ2n) is 4.18. The van der Waals surface area contributed by atoms with Crippen LogP contribution in [0.2, 0.25) is 0 Å². The molecule has 0 aliphatic carbocycles. The average Bonchev–Trinajstić information content (AvgIpc) is 2.78. The van der Waals surface area contributed by atoms with Gasteiger partial charge in [-0.15, -0.1) is 0 Å². The topological polar surface area (TPSA) is 84.9 Å². The van der Waals surface area contributed by atoms with Gasteiger partial charge in [-0.1, -0.05) is 0 Å². The molecule has 0 unspecified atom stereocenters. The molecule has 6 heteroatoms. The minimum Gasteiger partial charge on any atom is -0.480 e. The SMILES string of the molecule is C[C@H](NC(=O)[C@@H](C)OC[C@H]1CCCO1)C(=O)O. The van der Waals surface area contributed by atoms with Gasteiger partial charge in [0.2, 0.25) is 5.91 Å². The van der Waals surface area contributed by atoms with Crippen LogP contribution in [-0.2, 0) is 19.1 Å². The van der Waals surface area contributed by atoms with Crippen LogP contribution in [0.4, 0.5) is 0 Å². The number of carbonyl (C=O) groups is 2. The molecule has 0 radical (unpaired) electrons. The number of aliphatic carboxylic acids is 1. The van der Waals surface area contributed by atoms with E-state index in [1.165, 1.54) is 6.92 Å². The summed E-state index contributed by atoms with van der Waals surface area (Å²) in [4.78, 5) is 22.1. The van der Waals surface area contributed by atoms with Gasteiger partial charge in [0.1, 0.15) is 12.1 Å². The van der Waals surface area contributed by atoms with Crippen LogP contribution in [0.15, 0.2) is 0 Å². The molecular weight excluding hydrogens is 226 g/mol. The van der Waals surface area contributed by atoms with Crippen molar-refractivity contribution in [3.8, 4) is 0 Å². The van der Waals surface area contributed by atoms with Crippen LogP contribution in [-0.4, -0.2) is 48.4 Å². The first-order valence-corrected chi connectivity index (χ1v) is 5.77. The third-order valence-electron chi connectivity index (χ3n) is 2.65. The van der Waals surface area contributed by atoms with Crippen molar-refractivity contribution in [3.63, 3.8) is 0 Å². The maximum atomic E-state index is 11.5.